The van der Waals surface area contributed by atoms with Crippen molar-refractivity contribution in [2.24, 2.45) is 0 Å². The van der Waals surface area contributed by atoms with E-state index in [-0.39, 0.29) is 11.8 Å². The van der Waals surface area contributed by atoms with Crippen molar-refractivity contribution in [3.05, 3.63) is 89.5 Å². The van der Waals surface area contributed by atoms with E-state index in [4.69, 9.17) is 4.74 Å². The monoisotopic (exact) mass is 388 g/mol. The van der Waals surface area contributed by atoms with Gasteiger partial charge in [0, 0.05) is 29.4 Å². The molecule has 0 aliphatic heterocycles. The molecule has 0 saturated carbocycles. The highest BCUT2D eigenvalue weighted by Gasteiger charge is 2.10. The van der Waals surface area contributed by atoms with E-state index in [1.165, 1.54) is 13.0 Å². The molecular formula is C23H20N2O4. The van der Waals surface area contributed by atoms with Crippen LogP contribution in [0.1, 0.15) is 33.2 Å². The first-order valence-electron chi connectivity index (χ1n) is 8.98. The van der Waals surface area contributed by atoms with Gasteiger partial charge in [-0.3, -0.25) is 14.4 Å². The lowest BCUT2D eigenvalue weighted by Gasteiger charge is -2.10. The van der Waals surface area contributed by atoms with Crippen LogP contribution >= 0.6 is 0 Å². The second-order valence-electron chi connectivity index (χ2n) is 6.48. The zero-order chi connectivity index (χ0) is 20.8. The Hall–Kier alpha value is -3.93. The van der Waals surface area contributed by atoms with Gasteiger partial charge < -0.3 is 15.4 Å². The van der Waals surface area contributed by atoms with Crippen LogP contribution in [0.3, 0.4) is 0 Å². The number of aryl methyl sites for hydroxylation is 1. The number of esters is 1. The third kappa shape index (κ3) is 5.52. The molecule has 0 aliphatic carbocycles. The summed E-state index contributed by atoms with van der Waals surface area (Å²) in [5, 5.41) is 5.59. The van der Waals surface area contributed by atoms with Gasteiger partial charge in [0.1, 0.15) is 5.75 Å². The minimum Gasteiger partial charge on any atom is -0.427 e. The molecule has 3 aromatic carbocycles. The third-order valence-electron chi connectivity index (χ3n) is 4.02. The number of amides is 2. The summed E-state index contributed by atoms with van der Waals surface area (Å²) < 4.78 is 5.00. The van der Waals surface area contributed by atoms with Gasteiger partial charge in [-0.25, -0.2) is 0 Å². The normalized spacial score (nSPS) is 10.1. The molecule has 29 heavy (non-hydrogen) atoms. The summed E-state index contributed by atoms with van der Waals surface area (Å²) in [5.41, 5.74) is 2.98. The average Bonchev–Trinajstić information content (AvgIpc) is 2.68. The first-order chi connectivity index (χ1) is 13.9. The zero-order valence-corrected chi connectivity index (χ0v) is 16.1. The second kappa shape index (κ2) is 8.84. The average molecular weight is 388 g/mol. The molecule has 0 aliphatic rings. The molecule has 0 atom stereocenters. The Morgan fingerprint density at radius 2 is 1.28 bits per heavy atom. The quantitative estimate of drug-likeness (QED) is 0.500. The summed E-state index contributed by atoms with van der Waals surface area (Å²) in [5.74, 6) is -0.753. The minimum atomic E-state index is -0.459. The number of hydrogen-bond donors (Lipinski definition) is 2. The Bertz CT molecular complexity index is 1080. The molecule has 2 amide bonds. The summed E-state index contributed by atoms with van der Waals surface area (Å²) in [6.07, 6.45) is 0. The summed E-state index contributed by atoms with van der Waals surface area (Å²) in [6, 6.07) is 20.5. The van der Waals surface area contributed by atoms with Crippen molar-refractivity contribution in [1.29, 1.82) is 0 Å². The van der Waals surface area contributed by atoms with Gasteiger partial charge in [-0.2, -0.15) is 0 Å². The number of rotatable bonds is 5. The van der Waals surface area contributed by atoms with E-state index in [0.29, 0.717) is 28.3 Å². The molecule has 3 rings (SSSR count). The van der Waals surface area contributed by atoms with Crippen LogP contribution in [-0.2, 0) is 4.79 Å². The van der Waals surface area contributed by atoms with E-state index < -0.39 is 5.97 Å². The fraction of sp³-hybridized carbons (Fsp3) is 0.0870. The van der Waals surface area contributed by atoms with Crippen LogP contribution in [0.25, 0.3) is 0 Å². The van der Waals surface area contributed by atoms with Crippen LogP contribution < -0.4 is 15.4 Å². The number of hydrogen-bond acceptors (Lipinski definition) is 4. The van der Waals surface area contributed by atoms with Crippen molar-refractivity contribution >= 4 is 29.2 Å². The molecule has 0 spiro atoms. The van der Waals surface area contributed by atoms with Crippen LogP contribution in [0, 0.1) is 6.92 Å². The second-order valence-corrected chi connectivity index (χ2v) is 6.48. The van der Waals surface area contributed by atoms with Gasteiger partial charge in [-0.15, -0.1) is 0 Å². The van der Waals surface area contributed by atoms with Gasteiger partial charge in [0.15, 0.2) is 0 Å². The van der Waals surface area contributed by atoms with Crippen molar-refractivity contribution in [1.82, 2.24) is 0 Å². The highest BCUT2D eigenvalue weighted by molar-refractivity contribution is 6.06. The predicted molar refractivity (Wildman–Crippen MR) is 111 cm³/mol. The summed E-state index contributed by atoms with van der Waals surface area (Å²) in [7, 11) is 0. The van der Waals surface area contributed by atoms with Crippen LogP contribution in [0.2, 0.25) is 0 Å². The van der Waals surface area contributed by atoms with Gasteiger partial charge in [0.25, 0.3) is 11.8 Å². The van der Waals surface area contributed by atoms with Crippen molar-refractivity contribution in [2.75, 3.05) is 10.6 Å². The maximum Gasteiger partial charge on any atom is 0.308 e. The molecule has 2 N–H and O–H groups in total. The summed E-state index contributed by atoms with van der Waals surface area (Å²) in [6.45, 7) is 3.21. The van der Waals surface area contributed by atoms with E-state index in [0.717, 1.165) is 5.56 Å². The van der Waals surface area contributed by atoms with E-state index in [1.807, 2.05) is 19.1 Å². The van der Waals surface area contributed by atoms with Gasteiger partial charge in [0.2, 0.25) is 0 Å². The van der Waals surface area contributed by atoms with Crippen molar-refractivity contribution < 1.29 is 19.1 Å². The van der Waals surface area contributed by atoms with E-state index >= 15 is 0 Å². The number of ether oxygens (including phenoxy) is 1. The van der Waals surface area contributed by atoms with Crippen molar-refractivity contribution in [2.45, 2.75) is 13.8 Å². The first kappa shape index (κ1) is 19.8. The van der Waals surface area contributed by atoms with E-state index in [9.17, 15) is 14.4 Å². The van der Waals surface area contributed by atoms with Gasteiger partial charge in [-0.05, 0) is 55.5 Å². The molecule has 6 heteroatoms. The first-order valence-corrected chi connectivity index (χ1v) is 8.98. The lowest BCUT2D eigenvalue weighted by Crippen LogP contribution is -2.14. The molecule has 0 heterocycles. The maximum absolute atomic E-state index is 12.5. The minimum absolute atomic E-state index is 0.230. The van der Waals surface area contributed by atoms with Crippen molar-refractivity contribution in [3.8, 4) is 5.75 Å². The number of nitrogens with one attached hydrogen (secondary N) is 2. The van der Waals surface area contributed by atoms with Gasteiger partial charge >= 0.3 is 5.97 Å². The smallest absolute Gasteiger partial charge is 0.308 e. The highest BCUT2D eigenvalue weighted by atomic mass is 16.5. The Kier molecular flexibility index (Phi) is 6.04. The number of carbonyl (C=O) groups excluding carboxylic acids is 3. The molecule has 0 aromatic heterocycles. The van der Waals surface area contributed by atoms with Crippen LogP contribution in [0.5, 0.6) is 5.75 Å². The van der Waals surface area contributed by atoms with E-state index in [1.54, 1.807) is 54.6 Å². The van der Waals surface area contributed by atoms with Crippen LogP contribution in [0.15, 0.2) is 72.8 Å². The predicted octanol–water partition coefficient (Wildman–Crippen LogP) is 4.42. The van der Waals surface area contributed by atoms with Crippen LogP contribution in [0.4, 0.5) is 11.4 Å². The lowest BCUT2D eigenvalue weighted by atomic mass is 10.1. The standard InChI is InChI=1S/C23H20N2O4/c1-15-6-3-7-17(12-15)22(27)24-19-9-5-10-20(14-19)25-23(28)18-8-4-11-21(13-18)29-16(2)26/h3-14H,1-2H3,(H,24,27)(H,25,28). The number of benzene rings is 3. The maximum atomic E-state index is 12.5. The SMILES string of the molecule is CC(=O)Oc1cccc(C(=O)Nc2cccc(NC(=O)c3cccc(C)c3)c2)c1. The molecule has 0 unspecified atom stereocenters. The molecule has 0 radical (unpaired) electrons. The third-order valence-corrected chi connectivity index (χ3v) is 4.02. The Balaban J connectivity index is 1.70. The summed E-state index contributed by atoms with van der Waals surface area (Å²) in [4.78, 5) is 36.0. The van der Waals surface area contributed by atoms with Crippen LogP contribution in [-0.4, -0.2) is 17.8 Å². The Labute approximate surface area is 168 Å². The molecule has 3 aromatic rings. The number of anilines is 2. The lowest BCUT2D eigenvalue weighted by molar-refractivity contribution is -0.131. The van der Waals surface area contributed by atoms with E-state index in [2.05, 4.69) is 10.6 Å². The molecule has 0 saturated heterocycles. The molecule has 0 bridgehead atoms. The largest absolute Gasteiger partial charge is 0.427 e. The molecular weight excluding hydrogens is 368 g/mol. The van der Waals surface area contributed by atoms with Crippen molar-refractivity contribution in [3.63, 3.8) is 0 Å². The fourth-order valence-electron chi connectivity index (χ4n) is 2.73. The highest BCUT2D eigenvalue weighted by Crippen LogP contribution is 2.19. The number of carbonyl (C=O) groups is 3. The Morgan fingerprint density at radius 1 is 0.724 bits per heavy atom. The van der Waals surface area contributed by atoms with Gasteiger partial charge in [-0.1, -0.05) is 29.8 Å². The Morgan fingerprint density at radius 3 is 1.86 bits per heavy atom. The molecule has 6 nitrogen and oxygen atoms in total. The van der Waals surface area contributed by atoms with Gasteiger partial charge in [0.05, 0.1) is 0 Å². The summed E-state index contributed by atoms with van der Waals surface area (Å²) >= 11 is 0. The fourth-order valence-corrected chi connectivity index (χ4v) is 2.73. The molecule has 0 fully saturated rings. The topological polar surface area (TPSA) is 84.5 Å². The molecule has 146 valence electrons. The zero-order valence-electron chi connectivity index (χ0n) is 16.1.